The van der Waals surface area contributed by atoms with Crippen molar-refractivity contribution in [2.75, 3.05) is 31.9 Å². The van der Waals surface area contributed by atoms with E-state index in [0.717, 1.165) is 11.8 Å². The van der Waals surface area contributed by atoms with E-state index >= 15 is 0 Å². The molecule has 2 aliphatic heterocycles. The molecule has 0 bridgehead atoms. The normalized spacial score (nSPS) is 26.2. The third-order valence-corrected chi connectivity index (χ3v) is 5.95. The Morgan fingerprint density at radius 3 is 3.05 bits per heavy atom. The highest BCUT2D eigenvalue weighted by Crippen LogP contribution is 2.39. The van der Waals surface area contributed by atoms with Crippen LogP contribution in [0.5, 0.6) is 0 Å². The Morgan fingerprint density at radius 2 is 2.19 bits per heavy atom. The van der Waals surface area contributed by atoms with E-state index in [4.69, 9.17) is 0 Å². The van der Waals surface area contributed by atoms with Crippen molar-refractivity contribution in [2.45, 2.75) is 43.5 Å². The van der Waals surface area contributed by atoms with Crippen LogP contribution in [0.4, 0.5) is 0 Å². The topological polar surface area (TPSA) is 15.3 Å². The number of fused-ring (bicyclic) bond motifs is 1. The lowest BCUT2D eigenvalue weighted by Crippen LogP contribution is -2.42. The summed E-state index contributed by atoms with van der Waals surface area (Å²) in [5.41, 5.74) is 1.59. The minimum atomic E-state index is 0.610. The average Bonchev–Trinajstić information content (AvgIpc) is 2.89. The van der Waals surface area contributed by atoms with Crippen LogP contribution in [-0.2, 0) is 0 Å². The first-order chi connectivity index (χ1) is 10.2. The molecule has 1 aromatic carbocycles. The fourth-order valence-electron chi connectivity index (χ4n) is 3.58. The molecule has 2 aliphatic rings. The molecule has 2 atom stereocenters. The monoisotopic (exact) mass is 304 g/mol. The van der Waals surface area contributed by atoms with Crippen LogP contribution in [0.15, 0.2) is 29.2 Å². The van der Waals surface area contributed by atoms with E-state index in [0.29, 0.717) is 6.04 Å². The summed E-state index contributed by atoms with van der Waals surface area (Å²) in [5.74, 6) is 2.85. The number of nitrogens with one attached hydrogen (secondary N) is 1. The predicted octanol–water partition coefficient (Wildman–Crippen LogP) is 3.59. The van der Waals surface area contributed by atoms with Crippen LogP contribution in [-0.4, -0.2) is 42.9 Å². The zero-order valence-corrected chi connectivity index (χ0v) is 14.2. The molecule has 1 N–H and O–H groups in total. The largest absolute Gasteiger partial charge is 0.314 e. The highest BCUT2D eigenvalue weighted by molar-refractivity contribution is 7.99. The minimum absolute atomic E-state index is 0.610. The molecule has 0 aliphatic carbocycles. The zero-order chi connectivity index (χ0) is 14.7. The highest BCUT2D eigenvalue weighted by Gasteiger charge is 2.27. The van der Waals surface area contributed by atoms with Gasteiger partial charge in [0.25, 0.3) is 0 Å². The third kappa shape index (κ3) is 4.02. The molecule has 0 amide bonds. The maximum atomic E-state index is 3.61. The lowest BCUT2D eigenvalue weighted by Gasteiger charge is -2.34. The summed E-state index contributed by atoms with van der Waals surface area (Å²) in [6.45, 7) is 9.50. The van der Waals surface area contributed by atoms with Gasteiger partial charge < -0.3 is 10.2 Å². The lowest BCUT2D eigenvalue weighted by atomic mass is 9.95. The molecular weight excluding hydrogens is 276 g/mol. The second-order valence-electron chi connectivity index (χ2n) is 6.88. The van der Waals surface area contributed by atoms with Crippen molar-refractivity contribution < 1.29 is 0 Å². The van der Waals surface area contributed by atoms with Gasteiger partial charge in [-0.1, -0.05) is 32.0 Å². The van der Waals surface area contributed by atoms with Gasteiger partial charge in [0.15, 0.2) is 0 Å². The number of hydrogen-bond acceptors (Lipinski definition) is 3. The van der Waals surface area contributed by atoms with E-state index in [1.807, 2.05) is 11.8 Å². The maximum absolute atomic E-state index is 3.61. The molecular formula is C18H28N2S. The number of thioether (sulfide) groups is 1. The number of benzene rings is 1. The second kappa shape index (κ2) is 7.17. The molecule has 1 aromatic rings. The van der Waals surface area contributed by atoms with Crippen molar-refractivity contribution in [2.24, 2.45) is 5.92 Å². The van der Waals surface area contributed by atoms with E-state index in [9.17, 15) is 0 Å². The van der Waals surface area contributed by atoms with Crippen molar-refractivity contribution >= 4 is 11.8 Å². The zero-order valence-electron chi connectivity index (χ0n) is 13.3. The van der Waals surface area contributed by atoms with Crippen LogP contribution in [0.25, 0.3) is 0 Å². The van der Waals surface area contributed by atoms with E-state index in [-0.39, 0.29) is 0 Å². The minimum Gasteiger partial charge on any atom is -0.314 e. The number of nitrogens with zero attached hydrogens (tertiary/aromatic N) is 1. The van der Waals surface area contributed by atoms with Gasteiger partial charge in [0.05, 0.1) is 0 Å². The van der Waals surface area contributed by atoms with Gasteiger partial charge in [-0.15, -0.1) is 11.8 Å². The molecule has 1 fully saturated rings. The summed E-state index contributed by atoms with van der Waals surface area (Å²) in [6.07, 6.45) is 2.76. The molecule has 116 valence electrons. The van der Waals surface area contributed by atoms with Crippen molar-refractivity contribution in [3.8, 4) is 0 Å². The summed E-state index contributed by atoms with van der Waals surface area (Å²) in [6, 6.07) is 9.60. The van der Waals surface area contributed by atoms with Gasteiger partial charge in [-0.05, 0) is 43.5 Å². The van der Waals surface area contributed by atoms with Gasteiger partial charge in [0.1, 0.15) is 0 Å². The summed E-state index contributed by atoms with van der Waals surface area (Å²) < 4.78 is 0. The van der Waals surface area contributed by atoms with Crippen LogP contribution in [0.2, 0.25) is 0 Å². The van der Waals surface area contributed by atoms with Crippen molar-refractivity contribution in [3.05, 3.63) is 29.8 Å². The van der Waals surface area contributed by atoms with Crippen molar-refractivity contribution in [1.82, 2.24) is 10.2 Å². The first-order valence-corrected chi connectivity index (χ1v) is 9.38. The van der Waals surface area contributed by atoms with Crippen LogP contribution >= 0.6 is 11.8 Å². The fraction of sp³-hybridized carbons (Fsp3) is 0.667. The second-order valence-corrected chi connectivity index (χ2v) is 7.94. The first kappa shape index (κ1) is 15.4. The Morgan fingerprint density at radius 1 is 1.33 bits per heavy atom. The van der Waals surface area contributed by atoms with Crippen LogP contribution < -0.4 is 5.32 Å². The Labute approximate surface area is 133 Å². The van der Waals surface area contributed by atoms with Gasteiger partial charge in [-0.25, -0.2) is 0 Å². The van der Waals surface area contributed by atoms with Crippen LogP contribution in [0.3, 0.4) is 0 Å². The molecule has 2 unspecified atom stereocenters. The molecule has 21 heavy (non-hydrogen) atoms. The molecule has 0 aromatic heterocycles. The predicted molar refractivity (Wildman–Crippen MR) is 92.2 cm³/mol. The van der Waals surface area contributed by atoms with E-state index < -0.39 is 0 Å². The van der Waals surface area contributed by atoms with E-state index in [2.05, 4.69) is 48.3 Å². The molecule has 0 saturated carbocycles. The van der Waals surface area contributed by atoms with Gasteiger partial charge in [-0.3, -0.25) is 0 Å². The highest BCUT2D eigenvalue weighted by atomic mass is 32.2. The fourth-order valence-corrected chi connectivity index (χ4v) is 4.82. The lowest BCUT2D eigenvalue weighted by molar-refractivity contribution is 0.165. The Bertz CT molecular complexity index is 460. The summed E-state index contributed by atoms with van der Waals surface area (Å²) in [5, 5.41) is 3.61. The molecule has 3 rings (SSSR count). The third-order valence-electron chi connectivity index (χ3n) is 4.70. The summed E-state index contributed by atoms with van der Waals surface area (Å²) in [7, 11) is 0. The Hall–Kier alpha value is -0.510. The number of likely N-dealkylation sites (tertiary alicyclic amines) is 1. The van der Waals surface area contributed by atoms with Gasteiger partial charge in [0, 0.05) is 35.7 Å². The van der Waals surface area contributed by atoms with E-state index in [1.54, 1.807) is 5.56 Å². The Balaban J connectivity index is 1.54. The van der Waals surface area contributed by atoms with Gasteiger partial charge in [0.2, 0.25) is 0 Å². The first-order valence-electron chi connectivity index (χ1n) is 8.40. The smallest absolute Gasteiger partial charge is 0.0108 e. The quantitative estimate of drug-likeness (QED) is 0.895. The SMILES string of the molecule is CC(C)NCC1CCCN(CC2CSc3ccccc32)C1. The molecule has 0 radical (unpaired) electrons. The maximum Gasteiger partial charge on any atom is 0.0108 e. The molecule has 2 heterocycles. The Kier molecular flexibility index (Phi) is 5.25. The van der Waals surface area contributed by atoms with Crippen LogP contribution in [0, 0.1) is 5.92 Å². The van der Waals surface area contributed by atoms with Crippen molar-refractivity contribution in [3.63, 3.8) is 0 Å². The molecule has 1 saturated heterocycles. The number of rotatable bonds is 5. The van der Waals surface area contributed by atoms with E-state index in [1.165, 1.54) is 49.7 Å². The summed E-state index contributed by atoms with van der Waals surface area (Å²) in [4.78, 5) is 4.22. The molecule has 0 spiro atoms. The summed E-state index contributed by atoms with van der Waals surface area (Å²) >= 11 is 2.04. The molecule has 3 heteroatoms. The number of hydrogen-bond donors (Lipinski definition) is 1. The van der Waals surface area contributed by atoms with Gasteiger partial charge >= 0.3 is 0 Å². The number of piperidine rings is 1. The van der Waals surface area contributed by atoms with Gasteiger partial charge in [-0.2, -0.15) is 0 Å². The average molecular weight is 305 g/mol. The van der Waals surface area contributed by atoms with Crippen LogP contribution in [0.1, 0.15) is 38.2 Å². The molecule has 2 nitrogen and oxygen atoms in total. The van der Waals surface area contributed by atoms with Crippen molar-refractivity contribution in [1.29, 1.82) is 0 Å². The standard InChI is InChI=1S/C18H28N2S/c1-14(2)19-10-15-6-5-9-20(11-15)12-16-13-21-18-8-4-3-7-17(16)18/h3-4,7-8,14-16,19H,5-6,9-13H2,1-2H3.